The van der Waals surface area contributed by atoms with Crippen molar-refractivity contribution in [3.63, 3.8) is 0 Å². The fraction of sp³-hybridized carbons (Fsp3) is 0.360. The maximum Gasteiger partial charge on any atom is 0.416 e. The minimum Gasteiger partial charge on any atom is -0.368 e. The van der Waals surface area contributed by atoms with E-state index in [4.69, 9.17) is 0 Å². The van der Waals surface area contributed by atoms with Gasteiger partial charge in [0.15, 0.2) is 5.82 Å². The molecule has 5 rings (SSSR count). The number of carbonyl (C=O) groups is 1. The third-order valence-corrected chi connectivity index (χ3v) is 6.65. The molecule has 1 aliphatic carbocycles. The van der Waals surface area contributed by atoms with Gasteiger partial charge in [-0.25, -0.2) is 15.0 Å². The van der Waals surface area contributed by atoms with Crippen LogP contribution >= 0.6 is 0 Å². The molecule has 1 amide bonds. The summed E-state index contributed by atoms with van der Waals surface area (Å²) in [7, 11) is 0. The predicted octanol–water partition coefficient (Wildman–Crippen LogP) is 4.97. The fourth-order valence-corrected chi connectivity index (χ4v) is 4.67. The number of pyridine rings is 1. The van der Waals surface area contributed by atoms with Crippen molar-refractivity contribution in [1.82, 2.24) is 19.9 Å². The summed E-state index contributed by atoms with van der Waals surface area (Å²) in [5.41, 5.74) is 1.50. The van der Waals surface area contributed by atoms with Crippen molar-refractivity contribution in [3.05, 3.63) is 71.7 Å². The van der Waals surface area contributed by atoms with Gasteiger partial charge < -0.3 is 10.2 Å². The molecule has 2 aliphatic rings. The first-order chi connectivity index (χ1) is 16.2. The monoisotopic (exact) mass is 467 g/mol. The molecule has 6 nitrogen and oxygen atoms in total. The maximum absolute atomic E-state index is 13.8. The van der Waals surface area contributed by atoms with Crippen LogP contribution < -0.4 is 5.32 Å². The van der Waals surface area contributed by atoms with Crippen LogP contribution in [0.5, 0.6) is 0 Å². The lowest BCUT2D eigenvalue weighted by atomic mass is 10.0. The molecular formula is C25H24F3N5O. The van der Waals surface area contributed by atoms with E-state index in [-0.39, 0.29) is 23.2 Å². The maximum atomic E-state index is 13.8. The summed E-state index contributed by atoms with van der Waals surface area (Å²) >= 11 is 0. The molecule has 1 saturated heterocycles. The largest absolute Gasteiger partial charge is 0.416 e. The van der Waals surface area contributed by atoms with Crippen LogP contribution in [0.15, 0.2) is 55.0 Å². The lowest BCUT2D eigenvalue weighted by Crippen LogP contribution is -2.40. The Morgan fingerprint density at radius 3 is 2.59 bits per heavy atom. The number of hydrogen-bond acceptors (Lipinski definition) is 5. The van der Waals surface area contributed by atoms with E-state index in [1.807, 2.05) is 30.0 Å². The highest BCUT2D eigenvalue weighted by Gasteiger charge is 2.53. The van der Waals surface area contributed by atoms with Crippen LogP contribution in [-0.4, -0.2) is 44.9 Å². The summed E-state index contributed by atoms with van der Waals surface area (Å²) < 4.78 is 39.2. The van der Waals surface area contributed by atoms with E-state index in [0.717, 1.165) is 43.2 Å². The van der Waals surface area contributed by atoms with Gasteiger partial charge in [-0.1, -0.05) is 17.7 Å². The van der Waals surface area contributed by atoms with E-state index in [0.29, 0.717) is 30.0 Å². The Labute approximate surface area is 195 Å². The quantitative estimate of drug-likeness (QED) is 0.574. The van der Waals surface area contributed by atoms with Gasteiger partial charge in [0.1, 0.15) is 5.82 Å². The molecule has 1 aromatic carbocycles. The lowest BCUT2D eigenvalue weighted by Gasteiger charge is -2.26. The Hall–Kier alpha value is -3.49. The Morgan fingerprint density at radius 2 is 1.88 bits per heavy atom. The first-order valence-electron chi connectivity index (χ1n) is 11.2. The van der Waals surface area contributed by atoms with Crippen LogP contribution in [0.3, 0.4) is 0 Å². The van der Waals surface area contributed by atoms with Crippen LogP contribution in [0.1, 0.15) is 40.7 Å². The summed E-state index contributed by atoms with van der Waals surface area (Å²) in [6, 6.07) is 9.15. The number of amides is 1. The molecule has 176 valence electrons. The summed E-state index contributed by atoms with van der Waals surface area (Å²) in [5.74, 6) is 0.514. The Bertz CT molecular complexity index is 1210. The van der Waals surface area contributed by atoms with Gasteiger partial charge in [-0.15, -0.1) is 0 Å². The van der Waals surface area contributed by atoms with Gasteiger partial charge >= 0.3 is 6.18 Å². The summed E-state index contributed by atoms with van der Waals surface area (Å²) in [4.78, 5) is 28.3. The molecular weight excluding hydrogens is 443 g/mol. The summed E-state index contributed by atoms with van der Waals surface area (Å²) in [5, 5.41) is 3.03. The number of carbonyl (C=O) groups excluding carboxylic acids is 1. The van der Waals surface area contributed by atoms with E-state index >= 15 is 0 Å². The van der Waals surface area contributed by atoms with Crippen molar-refractivity contribution < 1.29 is 18.0 Å². The molecule has 1 saturated carbocycles. The van der Waals surface area contributed by atoms with E-state index in [2.05, 4.69) is 20.3 Å². The van der Waals surface area contributed by atoms with Crippen molar-refractivity contribution in [3.8, 4) is 11.4 Å². The third kappa shape index (κ3) is 4.47. The van der Waals surface area contributed by atoms with E-state index in [1.165, 1.54) is 0 Å². The Kier molecular flexibility index (Phi) is 5.50. The smallest absolute Gasteiger partial charge is 0.368 e. The Balaban J connectivity index is 1.40. The van der Waals surface area contributed by atoms with Gasteiger partial charge in [0, 0.05) is 43.3 Å². The first kappa shape index (κ1) is 22.3. The lowest BCUT2D eigenvalue weighted by molar-refractivity contribution is -0.137. The zero-order valence-corrected chi connectivity index (χ0v) is 18.6. The molecule has 0 radical (unpaired) electrons. The molecule has 1 atom stereocenters. The molecule has 34 heavy (non-hydrogen) atoms. The summed E-state index contributed by atoms with van der Waals surface area (Å²) in [6.45, 7) is 2.89. The van der Waals surface area contributed by atoms with Crippen LogP contribution in [0.4, 0.5) is 19.0 Å². The van der Waals surface area contributed by atoms with Gasteiger partial charge in [0.05, 0.1) is 11.1 Å². The molecule has 3 aromatic rings. The molecule has 9 heteroatoms. The van der Waals surface area contributed by atoms with Gasteiger partial charge in [-0.05, 0) is 55.9 Å². The van der Waals surface area contributed by atoms with E-state index in [9.17, 15) is 18.0 Å². The second-order valence-corrected chi connectivity index (χ2v) is 9.22. The number of alkyl halides is 3. The fourth-order valence-electron chi connectivity index (χ4n) is 4.67. The van der Waals surface area contributed by atoms with Crippen LogP contribution in [0.25, 0.3) is 11.4 Å². The zero-order chi connectivity index (χ0) is 23.9. The van der Waals surface area contributed by atoms with Crippen LogP contribution in [0, 0.1) is 12.3 Å². The van der Waals surface area contributed by atoms with Crippen molar-refractivity contribution in [1.29, 1.82) is 0 Å². The number of nitrogens with zero attached hydrogens (tertiary/aromatic N) is 4. The predicted molar refractivity (Wildman–Crippen MR) is 121 cm³/mol. The molecule has 1 aliphatic heterocycles. The van der Waals surface area contributed by atoms with Crippen molar-refractivity contribution >= 4 is 11.7 Å². The normalized spacial score (nSPS) is 18.8. The number of benzene rings is 1. The number of anilines is 1. The molecule has 1 spiro atoms. The highest BCUT2D eigenvalue weighted by Crippen LogP contribution is 2.55. The van der Waals surface area contributed by atoms with Crippen LogP contribution in [-0.2, 0) is 6.18 Å². The number of halogens is 3. The number of hydrogen-bond donors (Lipinski definition) is 1. The van der Waals surface area contributed by atoms with E-state index < -0.39 is 11.7 Å². The highest BCUT2D eigenvalue weighted by atomic mass is 19.4. The van der Waals surface area contributed by atoms with Gasteiger partial charge in [0.2, 0.25) is 0 Å². The molecule has 0 unspecified atom stereocenters. The zero-order valence-electron chi connectivity index (χ0n) is 18.6. The second-order valence-electron chi connectivity index (χ2n) is 9.22. The van der Waals surface area contributed by atoms with Gasteiger partial charge in [0.25, 0.3) is 5.91 Å². The second kappa shape index (κ2) is 8.38. The molecule has 3 heterocycles. The number of likely N-dealkylation sites (tertiary alicyclic amines) is 1. The molecule has 0 bridgehead atoms. The highest BCUT2D eigenvalue weighted by molar-refractivity contribution is 6.00. The molecule has 2 fully saturated rings. The van der Waals surface area contributed by atoms with E-state index in [1.54, 1.807) is 18.5 Å². The molecule has 1 N–H and O–H groups in total. The Morgan fingerprint density at radius 1 is 1.12 bits per heavy atom. The molecule has 2 aromatic heterocycles. The number of aryl methyl sites for hydroxylation is 1. The third-order valence-electron chi connectivity index (χ3n) is 6.65. The summed E-state index contributed by atoms with van der Waals surface area (Å²) in [6.07, 6.45) is 2.90. The minimum absolute atomic E-state index is 0.108. The minimum atomic E-state index is -4.44. The van der Waals surface area contributed by atoms with Gasteiger partial charge in [-0.2, -0.15) is 13.2 Å². The standard InChI is InChI=1S/C25H24F3N5O/c1-16-3-4-19(22-30-8-2-9-31-22)20(11-16)23(34)33-15-24(6-7-24)13-18(33)14-32-21-12-17(5-10-29-21)25(26,27)28/h2-5,8-12,18H,6-7,13-15H2,1H3,(H,29,32)/t18-/m0/s1. The number of rotatable bonds is 5. The topological polar surface area (TPSA) is 71.0 Å². The van der Waals surface area contributed by atoms with Crippen molar-refractivity contribution in [2.45, 2.75) is 38.4 Å². The average Bonchev–Trinajstić information content (AvgIpc) is 3.48. The van der Waals surface area contributed by atoms with Crippen molar-refractivity contribution in [2.75, 3.05) is 18.4 Å². The number of nitrogens with one attached hydrogen (secondary N) is 1. The average molecular weight is 467 g/mol. The van der Waals surface area contributed by atoms with Gasteiger partial charge in [-0.3, -0.25) is 4.79 Å². The van der Waals surface area contributed by atoms with Crippen molar-refractivity contribution in [2.24, 2.45) is 5.41 Å². The van der Waals surface area contributed by atoms with Crippen LogP contribution in [0.2, 0.25) is 0 Å². The number of aromatic nitrogens is 3. The SMILES string of the molecule is Cc1ccc(-c2ncccn2)c(C(=O)N2CC3(CC3)C[C@H]2CNc2cc(C(F)(F)F)ccn2)c1. The first-order valence-corrected chi connectivity index (χ1v) is 11.2.